The maximum Gasteiger partial charge on any atom is 0.329 e. The first kappa shape index (κ1) is 14.2. The van der Waals surface area contributed by atoms with E-state index in [0.717, 1.165) is 5.56 Å². The molecule has 22 heavy (non-hydrogen) atoms. The van der Waals surface area contributed by atoms with Crippen LogP contribution in [0.4, 0.5) is 9.18 Å². The quantitative estimate of drug-likeness (QED) is 0.841. The number of hydrogen-bond donors (Lipinski definition) is 0. The Morgan fingerprint density at radius 2 is 2.00 bits per heavy atom. The highest BCUT2D eigenvalue weighted by Gasteiger charge is 2.27. The van der Waals surface area contributed by atoms with Gasteiger partial charge in [0.05, 0.1) is 0 Å². The number of rotatable bonds is 2. The summed E-state index contributed by atoms with van der Waals surface area (Å²) in [5.74, 6) is -0.421. The molecule has 1 aromatic carbocycles. The lowest BCUT2D eigenvalue weighted by atomic mass is 10.2. The smallest absolute Gasteiger partial charge is 0.329 e. The van der Waals surface area contributed by atoms with Gasteiger partial charge < -0.3 is 9.80 Å². The van der Waals surface area contributed by atoms with Crippen molar-refractivity contribution in [2.45, 2.75) is 6.54 Å². The molecule has 0 unspecified atom stereocenters. The van der Waals surface area contributed by atoms with Crippen molar-refractivity contribution in [1.82, 2.24) is 19.4 Å². The van der Waals surface area contributed by atoms with Gasteiger partial charge in [-0.3, -0.25) is 9.36 Å². The average molecular weight is 302 g/mol. The Morgan fingerprint density at radius 1 is 1.23 bits per heavy atom. The van der Waals surface area contributed by atoms with E-state index in [1.54, 1.807) is 23.2 Å². The predicted molar refractivity (Wildman–Crippen MR) is 76.4 cm³/mol. The van der Waals surface area contributed by atoms with Gasteiger partial charge in [-0.2, -0.15) is 0 Å². The van der Waals surface area contributed by atoms with Gasteiger partial charge in [0, 0.05) is 32.0 Å². The molecule has 114 valence electrons. The van der Waals surface area contributed by atoms with Crippen LogP contribution >= 0.6 is 0 Å². The van der Waals surface area contributed by atoms with E-state index in [0.29, 0.717) is 19.6 Å². The Kier molecular flexibility index (Phi) is 3.86. The first-order valence-electron chi connectivity index (χ1n) is 6.93. The molecule has 2 aromatic rings. The molecule has 0 aliphatic carbocycles. The molecule has 1 aliphatic heterocycles. The number of carbonyl (C=O) groups is 2. The highest BCUT2D eigenvalue weighted by atomic mass is 19.1. The number of benzene rings is 1. The SMILES string of the molecule is O=C1CN(C(=O)n2ccnc2)CCN1Cc1ccc(F)cc1. The van der Waals surface area contributed by atoms with Crippen LogP contribution in [0.2, 0.25) is 0 Å². The first-order valence-corrected chi connectivity index (χ1v) is 6.93. The van der Waals surface area contributed by atoms with Crippen molar-refractivity contribution in [3.05, 3.63) is 54.4 Å². The van der Waals surface area contributed by atoms with Crippen LogP contribution in [0.3, 0.4) is 0 Å². The molecular weight excluding hydrogens is 287 g/mol. The van der Waals surface area contributed by atoms with Crippen molar-refractivity contribution >= 4 is 11.9 Å². The Bertz CT molecular complexity index is 669. The van der Waals surface area contributed by atoms with Crippen LogP contribution in [0.5, 0.6) is 0 Å². The molecule has 1 fully saturated rings. The first-order chi connectivity index (χ1) is 10.6. The molecule has 2 amide bonds. The van der Waals surface area contributed by atoms with E-state index in [-0.39, 0.29) is 24.3 Å². The molecule has 2 heterocycles. The molecule has 0 radical (unpaired) electrons. The second-order valence-electron chi connectivity index (χ2n) is 5.12. The lowest BCUT2D eigenvalue weighted by Gasteiger charge is -2.34. The van der Waals surface area contributed by atoms with Gasteiger partial charge in [0.25, 0.3) is 0 Å². The lowest BCUT2D eigenvalue weighted by molar-refractivity contribution is -0.135. The van der Waals surface area contributed by atoms with E-state index in [9.17, 15) is 14.0 Å². The fourth-order valence-corrected chi connectivity index (χ4v) is 2.38. The fourth-order valence-electron chi connectivity index (χ4n) is 2.38. The fraction of sp³-hybridized carbons (Fsp3) is 0.267. The van der Waals surface area contributed by atoms with Crippen molar-refractivity contribution < 1.29 is 14.0 Å². The van der Waals surface area contributed by atoms with E-state index in [4.69, 9.17) is 0 Å². The predicted octanol–water partition coefficient (Wildman–Crippen LogP) is 1.33. The average Bonchev–Trinajstić information content (AvgIpc) is 3.05. The van der Waals surface area contributed by atoms with Crippen molar-refractivity contribution in [3.8, 4) is 0 Å². The minimum Gasteiger partial charge on any atom is -0.335 e. The highest BCUT2D eigenvalue weighted by Crippen LogP contribution is 2.11. The minimum atomic E-state index is -0.300. The van der Waals surface area contributed by atoms with Gasteiger partial charge in [-0.15, -0.1) is 0 Å². The van der Waals surface area contributed by atoms with E-state index in [1.165, 1.54) is 34.1 Å². The number of piperazine rings is 1. The molecule has 1 aliphatic rings. The zero-order chi connectivity index (χ0) is 15.5. The third kappa shape index (κ3) is 2.98. The van der Waals surface area contributed by atoms with Crippen molar-refractivity contribution in [2.24, 2.45) is 0 Å². The molecule has 1 saturated heterocycles. The standard InChI is InChI=1S/C15H15FN4O2/c16-13-3-1-12(2-4-13)9-18-7-8-19(10-14(18)21)15(22)20-6-5-17-11-20/h1-6,11H,7-10H2. The van der Waals surface area contributed by atoms with Crippen LogP contribution in [0.15, 0.2) is 43.0 Å². The Hall–Kier alpha value is -2.70. The Balaban J connectivity index is 1.61. The topological polar surface area (TPSA) is 58.4 Å². The molecule has 6 nitrogen and oxygen atoms in total. The van der Waals surface area contributed by atoms with E-state index in [2.05, 4.69) is 4.98 Å². The summed E-state index contributed by atoms with van der Waals surface area (Å²) in [7, 11) is 0. The lowest BCUT2D eigenvalue weighted by Crippen LogP contribution is -2.52. The van der Waals surface area contributed by atoms with Gasteiger partial charge >= 0.3 is 6.03 Å². The molecule has 0 N–H and O–H groups in total. The maximum atomic E-state index is 12.9. The normalized spacial score (nSPS) is 15.2. The van der Waals surface area contributed by atoms with Crippen LogP contribution in [0.1, 0.15) is 5.56 Å². The zero-order valence-electron chi connectivity index (χ0n) is 11.9. The largest absolute Gasteiger partial charge is 0.335 e. The number of halogens is 1. The van der Waals surface area contributed by atoms with E-state index in [1.807, 2.05) is 0 Å². The minimum absolute atomic E-state index is 0.0399. The summed E-state index contributed by atoms with van der Waals surface area (Å²) in [5.41, 5.74) is 0.865. The summed E-state index contributed by atoms with van der Waals surface area (Å²) in [6, 6.07) is 5.81. The summed E-state index contributed by atoms with van der Waals surface area (Å²) < 4.78 is 14.2. The third-order valence-electron chi connectivity index (χ3n) is 3.60. The number of hydrogen-bond acceptors (Lipinski definition) is 3. The molecule has 0 atom stereocenters. The third-order valence-corrected chi connectivity index (χ3v) is 3.60. The van der Waals surface area contributed by atoms with E-state index >= 15 is 0 Å². The number of aromatic nitrogens is 2. The van der Waals surface area contributed by atoms with Gasteiger partial charge in [0.15, 0.2) is 0 Å². The molecule has 1 aromatic heterocycles. The summed E-state index contributed by atoms with van der Waals surface area (Å²) >= 11 is 0. The van der Waals surface area contributed by atoms with Gasteiger partial charge in [-0.05, 0) is 17.7 Å². The van der Waals surface area contributed by atoms with Crippen LogP contribution in [0, 0.1) is 5.82 Å². The van der Waals surface area contributed by atoms with Crippen LogP contribution in [0.25, 0.3) is 0 Å². The van der Waals surface area contributed by atoms with Crippen molar-refractivity contribution in [2.75, 3.05) is 19.6 Å². The Morgan fingerprint density at radius 3 is 2.64 bits per heavy atom. The Labute approximate surface area is 126 Å². The summed E-state index contributed by atoms with van der Waals surface area (Å²) in [5, 5.41) is 0. The van der Waals surface area contributed by atoms with Crippen LogP contribution in [-0.2, 0) is 11.3 Å². The molecular formula is C15H15FN4O2. The monoisotopic (exact) mass is 302 g/mol. The van der Waals surface area contributed by atoms with Gasteiger partial charge in [0.2, 0.25) is 5.91 Å². The maximum absolute atomic E-state index is 12.9. The zero-order valence-corrected chi connectivity index (χ0v) is 11.9. The molecule has 0 bridgehead atoms. The van der Waals surface area contributed by atoms with E-state index < -0.39 is 0 Å². The van der Waals surface area contributed by atoms with Gasteiger partial charge in [-0.25, -0.2) is 14.2 Å². The molecule has 0 saturated carbocycles. The summed E-state index contributed by atoms with van der Waals surface area (Å²) in [6.07, 6.45) is 4.49. The van der Waals surface area contributed by atoms with Crippen LogP contribution < -0.4 is 0 Å². The number of carbonyl (C=O) groups excluding carboxylic acids is 2. The number of imidazole rings is 1. The molecule has 7 heteroatoms. The molecule has 3 rings (SSSR count). The molecule has 0 spiro atoms. The summed E-state index contributed by atoms with van der Waals surface area (Å²) in [4.78, 5) is 31.3. The summed E-state index contributed by atoms with van der Waals surface area (Å²) in [6.45, 7) is 1.38. The van der Waals surface area contributed by atoms with Gasteiger partial charge in [-0.1, -0.05) is 12.1 Å². The number of amides is 2. The van der Waals surface area contributed by atoms with Crippen molar-refractivity contribution in [1.29, 1.82) is 0 Å². The van der Waals surface area contributed by atoms with Crippen LogP contribution in [-0.4, -0.2) is 50.9 Å². The van der Waals surface area contributed by atoms with Crippen molar-refractivity contribution in [3.63, 3.8) is 0 Å². The second kappa shape index (κ2) is 5.97. The van der Waals surface area contributed by atoms with Gasteiger partial charge in [0.1, 0.15) is 18.7 Å². The number of nitrogens with zero attached hydrogens (tertiary/aromatic N) is 4. The second-order valence-corrected chi connectivity index (χ2v) is 5.12. The highest BCUT2D eigenvalue weighted by molar-refractivity contribution is 5.86.